The van der Waals surface area contributed by atoms with Crippen LogP contribution in [0, 0.1) is 0 Å². The summed E-state index contributed by atoms with van der Waals surface area (Å²) < 4.78 is 0. The Morgan fingerprint density at radius 3 is 2.22 bits per heavy atom. The maximum atomic E-state index is 12.9. The molecule has 2 amide bonds. The van der Waals surface area contributed by atoms with Gasteiger partial charge in [0.25, 0.3) is 0 Å². The molecule has 27 heavy (non-hydrogen) atoms. The molecule has 0 aromatic carbocycles. The fourth-order valence-corrected chi connectivity index (χ4v) is 4.53. The van der Waals surface area contributed by atoms with E-state index in [0.717, 1.165) is 25.9 Å². The molecule has 3 fully saturated rings. The third kappa shape index (κ3) is 5.65. The van der Waals surface area contributed by atoms with Crippen molar-refractivity contribution in [2.45, 2.75) is 57.0 Å². The molecule has 0 spiro atoms. The zero-order valence-corrected chi connectivity index (χ0v) is 16.1. The van der Waals surface area contributed by atoms with E-state index in [-0.39, 0.29) is 11.7 Å². The molecule has 0 radical (unpaired) electrons. The van der Waals surface area contributed by atoms with Crippen LogP contribution in [0.15, 0.2) is 0 Å². The number of amides is 2. The quantitative estimate of drug-likeness (QED) is 0.732. The van der Waals surface area contributed by atoms with Crippen LogP contribution in [0.25, 0.3) is 0 Å². The second-order valence-electron chi connectivity index (χ2n) is 7.99. The van der Waals surface area contributed by atoms with E-state index in [1.165, 1.54) is 19.3 Å². The molecule has 8 nitrogen and oxygen atoms in total. The van der Waals surface area contributed by atoms with E-state index < -0.39 is 12.1 Å². The summed E-state index contributed by atoms with van der Waals surface area (Å²) >= 11 is 0. The van der Waals surface area contributed by atoms with Crippen molar-refractivity contribution < 1.29 is 19.5 Å². The van der Waals surface area contributed by atoms with Gasteiger partial charge in [-0.15, -0.1) is 0 Å². The molecule has 0 saturated carbocycles. The summed E-state index contributed by atoms with van der Waals surface area (Å²) in [5.74, 6) is 0.103. The van der Waals surface area contributed by atoms with E-state index >= 15 is 0 Å². The first-order valence-electron chi connectivity index (χ1n) is 10.3. The van der Waals surface area contributed by atoms with Crippen LogP contribution in [-0.4, -0.2) is 95.5 Å². The van der Waals surface area contributed by atoms with Crippen molar-refractivity contribution in [2.24, 2.45) is 0 Å². The lowest BCUT2D eigenvalue weighted by Crippen LogP contribution is -2.57. The predicted molar refractivity (Wildman–Crippen MR) is 101 cm³/mol. The zero-order valence-electron chi connectivity index (χ0n) is 16.1. The number of likely N-dealkylation sites (tertiary alicyclic amines) is 3. The molecule has 1 unspecified atom stereocenters. The number of nitrogens with zero attached hydrogens (tertiary/aromatic N) is 3. The number of piperidine rings is 3. The van der Waals surface area contributed by atoms with Gasteiger partial charge in [0.05, 0.1) is 0 Å². The molecule has 0 aromatic rings. The summed E-state index contributed by atoms with van der Waals surface area (Å²) in [6, 6.07) is -0.212. The highest BCUT2D eigenvalue weighted by Crippen LogP contribution is 2.21. The number of ketones is 1. The van der Waals surface area contributed by atoms with Crippen molar-refractivity contribution in [3.8, 4) is 0 Å². The Morgan fingerprint density at radius 1 is 1.00 bits per heavy atom. The van der Waals surface area contributed by atoms with Crippen molar-refractivity contribution >= 4 is 17.8 Å². The minimum absolute atomic E-state index is 0.133. The molecule has 1 atom stereocenters. The second kappa shape index (κ2) is 9.50. The Morgan fingerprint density at radius 2 is 1.63 bits per heavy atom. The van der Waals surface area contributed by atoms with Gasteiger partial charge in [-0.3, -0.25) is 14.5 Å². The van der Waals surface area contributed by atoms with Crippen molar-refractivity contribution in [1.29, 1.82) is 0 Å². The van der Waals surface area contributed by atoms with E-state index in [0.29, 0.717) is 51.6 Å². The molecular weight excluding hydrogens is 348 g/mol. The van der Waals surface area contributed by atoms with Gasteiger partial charge in [0, 0.05) is 51.6 Å². The Kier molecular flexibility index (Phi) is 7.07. The molecule has 3 aliphatic rings. The second-order valence-corrected chi connectivity index (χ2v) is 7.99. The molecule has 152 valence electrons. The topological polar surface area (TPSA) is 93.2 Å². The molecule has 8 heteroatoms. The average Bonchev–Trinajstić information content (AvgIpc) is 2.69. The summed E-state index contributed by atoms with van der Waals surface area (Å²) in [6.45, 7) is 5.24. The average molecular weight is 380 g/mol. The van der Waals surface area contributed by atoms with Gasteiger partial charge < -0.3 is 20.2 Å². The van der Waals surface area contributed by atoms with E-state index in [1.807, 2.05) is 9.80 Å². The van der Waals surface area contributed by atoms with Crippen LogP contribution >= 0.6 is 0 Å². The smallest absolute Gasteiger partial charge is 0.405 e. The van der Waals surface area contributed by atoms with Gasteiger partial charge in [-0.05, 0) is 38.8 Å². The number of carboxylic acid groups (broad SMARTS) is 1. The van der Waals surface area contributed by atoms with Gasteiger partial charge in [0.1, 0.15) is 11.8 Å². The van der Waals surface area contributed by atoms with Crippen LogP contribution < -0.4 is 5.32 Å². The number of hydrogen-bond acceptors (Lipinski definition) is 5. The standard InChI is InChI=1S/C19H32N4O4/c24-16-6-10-21(11-7-16)14-17(20-19(26)27)18(25)23-12-4-15(5-13-23)22-8-2-1-3-9-22/h15,17,20H,1-14H2,(H,26,27). The van der Waals surface area contributed by atoms with Gasteiger partial charge in [0.2, 0.25) is 5.91 Å². The van der Waals surface area contributed by atoms with Crippen LogP contribution in [0.3, 0.4) is 0 Å². The van der Waals surface area contributed by atoms with Crippen molar-refractivity contribution in [2.75, 3.05) is 45.8 Å². The first-order chi connectivity index (χ1) is 13.0. The minimum atomic E-state index is -1.18. The molecule has 2 N–H and O–H groups in total. The molecule has 0 aromatic heterocycles. The van der Waals surface area contributed by atoms with Gasteiger partial charge in [-0.25, -0.2) is 4.79 Å². The predicted octanol–water partition coefficient (Wildman–Crippen LogP) is 0.764. The van der Waals surface area contributed by atoms with Gasteiger partial charge in [0.15, 0.2) is 0 Å². The summed E-state index contributed by atoms with van der Waals surface area (Å²) in [5.41, 5.74) is 0. The van der Waals surface area contributed by atoms with Gasteiger partial charge in [-0.2, -0.15) is 0 Å². The number of Topliss-reactive ketones (excluding diaryl/α,β-unsaturated/α-hetero) is 1. The number of hydrogen-bond donors (Lipinski definition) is 2. The fourth-order valence-electron chi connectivity index (χ4n) is 4.53. The highest BCUT2D eigenvalue weighted by Gasteiger charge is 2.33. The Labute approximate surface area is 160 Å². The van der Waals surface area contributed by atoms with E-state index in [1.54, 1.807) is 0 Å². The summed E-state index contributed by atoms with van der Waals surface area (Å²) in [4.78, 5) is 41.9. The Balaban J connectivity index is 1.52. The molecule has 3 heterocycles. The highest BCUT2D eigenvalue weighted by atomic mass is 16.4. The number of rotatable bonds is 5. The Hall–Kier alpha value is -1.67. The summed E-state index contributed by atoms with van der Waals surface area (Å²) in [6.07, 6.45) is 5.56. The molecule has 3 saturated heterocycles. The lowest BCUT2D eigenvalue weighted by molar-refractivity contribution is -0.135. The highest BCUT2D eigenvalue weighted by molar-refractivity contribution is 5.85. The van der Waals surface area contributed by atoms with E-state index in [9.17, 15) is 14.4 Å². The maximum Gasteiger partial charge on any atom is 0.405 e. The molecule has 3 aliphatic heterocycles. The SMILES string of the molecule is O=C1CCN(CC(NC(=O)O)C(=O)N2CCC(N3CCCCC3)CC2)CC1. The largest absolute Gasteiger partial charge is 0.465 e. The van der Waals surface area contributed by atoms with Crippen LogP contribution in [0.1, 0.15) is 44.9 Å². The molecule has 0 bridgehead atoms. The summed E-state index contributed by atoms with van der Waals surface area (Å²) in [7, 11) is 0. The van der Waals surface area contributed by atoms with E-state index in [4.69, 9.17) is 5.11 Å². The van der Waals surface area contributed by atoms with Crippen molar-refractivity contribution in [3.05, 3.63) is 0 Å². The monoisotopic (exact) mass is 380 g/mol. The fraction of sp³-hybridized carbons (Fsp3) is 0.842. The van der Waals surface area contributed by atoms with Crippen LogP contribution in [-0.2, 0) is 9.59 Å². The summed E-state index contributed by atoms with van der Waals surface area (Å²) in [5, 5.41) is 11.6. The molecule has 3 rings (SSSR count). The number of carbonyl (C=O) groups excluding carboxylic acids is 2. The first-order valence-corrected chi connectivity index (χ1v) is 10.3. The lowest BCUT2D eigenvalue weighted by Gasteiger charge is -2.41. The normalized spacial score (nSPS) is 24.6. The lowest BCUT2D eigenvalue weighted by atomic mass is 9.99. The third-order valence-electron chi connectivity index (χ3n) is 6.13. The van der Waals surface area contributed by atoms with Crippen LogP contribution in [0.2, 0.25) is 0 Å². The molecule has 0 aliphatic carbocycles. The number of nitrogens with one attached hydrogen (secondary N) is 1. The van der Waals surface area contributed by atoms with Crippen LogP contribution in [0.4, 0.5) is 4.79 Å². The van der Waals surface area contributed by atoms with Crippen LogP contribution in [0.5, 0.6) is 0 Å². The van der Waals surface area contributed by atoms with Crippen molar-refractivity contribution in [1.82, 2.24) is 20.0 Å². The number of carbonyl (C=O) groups is 3. The maximum absolute atomic E-state index is 12.9. The van der Waals surface area contributed by atoms with E-state index in [2.05, 4.69) is 10.2 Å². The van der Waals surface area contributed by atoms with Gasteiger partial charge in [-0.1, -0.05) is 6.42 Å². The zero-order chi connectivity index (χ0) is 19.2. The first kappa shape index (κ1) is 20.1. The van der Waals surface area contributed by atoms with Gasteiger partial charge >= 0.3 is 6.09 Å². The minimum Gasteiger partial charge on any atom is -0.465 e. The third-order valence-corrected chi connectivity index (χ3v) is 6.13. The Bertz CT molecular complexity index is 532. The molecular formula is C19H32N4O4. The van der Waals surface area contributed by atoms with Crippen molar-refractivity contribution in [3.63, 3.8) is 0 Å².